The molecule has 0 saturated heterocycles. The van der Waals surface area contributed by atoms with Gasteiger partial charge in [-0.3, -0.25) is 14.6 Å². The molecule has 0 aliphatic heterocycles. The zero-order valence-electron chi connectivity index (χ0n) is 9.53. The molecule has 0 aromatic carbocycles. The third kappa shape index (κ3) is 4.48. The highest BCUT2D eigenvalue weighted by Gasteiger charge is 2.21. The average molecular weight is 277 g/mol. The number of ketones is 1. The number of hydrogen-bond donors (Lipinski definition) is 0. The lowest BCUT2D eigenvalue weighted by Gasteiger charge is -2.28. The second-order valence-electron chi connectivity index (χ2n) is 3.90. The van der Waals surface area contributed by atoms with E-state index in [4.69, 9.17) is 23.2 Å². The quantitative estimate of drug-likeness (QED) is 0.343. The third-order valence-corrected chi connectivity index (χ3v) is 3.42. The molecule has 1 aliphatic rings. The highest BCUT2D eigenvalue weighted by molar-refractivity contribution is 6.50. The van der Waals surface area contributed by atoms with Gasteiger partial charge in [0.25, 0.3) is 0 Å². The van der Waals surface area contributed by atoms with E-state index in [-0.39, 0.29) is 16.1 Å². The van der Waals surface area contributed by atoms with Crippen LogP contribution in [0.25, 0.3) is 0 Å². The minimum absolute atomic E-state index is 0.0670. The van der Waals surface area contributed by atoms with E-state index in [2.05, 4.69) is 5.10 Å². The fraction of sp³-hybridized carbons (Fsp3) is 0.545. The van der Waals surface area contributed by atoms with Crippen molar-refractivity contribution in [2.75, 3.05) is 7.05 Å². The number of halogens is 2. The van der Waals surface area contributed by atoms with Crippen molar-refractivity contribution in [2.24, 2.45) is 5.10 Å². The SMILES string of the molecule is CN(/N=C\C(Cl)=C(\Cl)C=O)C1CCC(=O)CC1. The van der Waals surface area contributed by atoms with E-state index in [0.717, 1.165) is 12.8 Å². The Kier molecular flexibility index (Phi) is 5.65. The zero-order chi connectivity index (χ0) is 12.8. The first-order valence-electron chi connectivity index (χ1n) is 5.33. The topological polar surface area (TPSA) is 49.7 Å². The first kappa shape index (κ1) is 14.2. The van der Waals surface area contributed by atoms with E-state index in [0.29, 0.717) is 24.9 Å². The standard InChI is InChI=1S/C11H14Cl2N2O2/c1-15(8-2-4-9(17)5-3-8)14-6-10(12)11(13)7-16/h6-8H,2-5H2,1H3/b11-10-,14-6-. The molecule has 6 heteroatoms. The molecule has 0 radical (unpaired) electrons. The summed E-state index contributed by atoms with van der Waals surface area (Å²) in [6.45, 7) is 0. The van der Waals surface area contributed by atoms with Gasteiger partial charge in [0.05, 0.1) is 11.2 Å². The first-order valence-corrected chi connectivity index (χ1v) is 6.09. The Bertz CT molecular complexity index is 356. The molecule has 17 heavy (non-hydrogen) atoms. The average Bonchev–Trinajstić information content (AvgIpc) is 2.35. The fourth-order valence-electron chi connectivity index (χ4n) is 1.65. The predicted octanol–water partition coefficient (Wildman–Crippen LogP) is 2.30. The van der Waals surface area contributed by atoms with Gasteiger partial charge in [-0.05, 0) is 12.8 Å². The Morgan fingerprint density at radius 2 is 1.94 bits per heavy atom. The largest absolute Gasteiger partial charge is 0.300 e. The Hall–Kier alpha value is -0.870. The maximum absolute atomic E-state index is 11.1. The predicted molar refractivity (Wildman–Crippen MR) is 68.3 cm³/mol. The molecule has 0 N–H and O–H groups in total. The Balaban J connectivity index is 2.54. The van der Waals surface area contributed by atoms with Crippen LogP contribution >= 0.6 is 23.2 Å². The van der Waals surface area contributed by atoms with Gasteiger partial charge >= 0.3 is 0 Å². The van der Waals surface area contributed by atoms with Gasteiger partial charge in [0.1, 0.15) is 10.8 Å². The van der Waals surface area contributed by atoms with Gasteiger partial charge in [0.2, 0.25) is 0 Å². The van der Waals surface area contributed by atoms with Gasteiger partial charge in [-0.25, -0.2) is 0 Å². The van der Waals surface area contributed by atoms with Gasteiger partial charge in [-0.1, -0.05) is 23.2 Å². The van der Waals surface area contributed by atoms with E-state index < -0.39 is 0 Å². The molecule has 4 nitrogen and oxygen atoms in total. The molecule has 0 spiro atoms. The van der Waals surface area contributed by atoms with Crippen LogP contribution in [-0.4, -0.2) is 36.4 Å². The van der Waals surface area contributed by atoms with Crippen molar-refractivity contribution < 1.29 is 9.59 Å². The minimum Gasteiger partial charge on any atom is -0.300 e. The molecule has 0 bridgehead atoms. The summed E-state index contributed by atoms with van der Waals surface area (Å²) in [6, 6.07) is 0.239. The van der Waals surface area contributed by atoms with Gasteiger partial charge < -0.3 is 0 Å². The second kappa shape index (κ2) is 6.77. The fourth-order valence-corrected chi connectivity index (χ4v) is 1.79. The van der Waals surface area contributed by atoms with Crippen molar-refractivity contribution >= 4 is 41.5 Å². The van der Waals surface area contributed by atoms with Crippen molar-refractivity contribution in [1.29, 1.82) is 0 Å². The maximum atomic E-state index is 11.1. The summed E-state index contributed by atoms with van der Waals surface area (Å²) in [4.78, 5) is 21.4. The highest BCUT2D eigenvalue weighted by Crippen LogP contribution is 2.19. The number of hydrogen-bond acceptors (Lipinski definition) is 4. The first-order chi connectivity index (χ1) is 8.04. The van der Waals surface area contributed by atoms with Crippen molar-refractivity contribution in [3.05, 3.63) is 10.1 Å². The van der Waals surface area contributed by atoms with Gasteiger partial charge in [0, 0.05) is 25.9 Å². The molecule has 0 aromatic rings. The van der Waals surface area contributed by atoms with Crippen LogP contribution in [0.2, 0.25) is 0 Å². The van der Waals surface area contributed by atoms with E-state index >= 15 is 0 Å². The molecule has 1 aliphatic carbocycles. The van der Waals surface area contributed by atoms with Crippen molar-refractivity contribution in [3.8, 4) is 0 Å². The number of allylic oxidation sites excluding steroid dienone is 2. The number of carbonyl (C=O) groups is 2. The van der Waals surface area contributed by atoms with Crippen LogP contribution < -0.4 is 0 Å². The molecular weight excluding hydrogens is 263 g/mol. The molecule has 1 rings (SSSR count). The van der Waals surface area contributed by atoms with E-state index in [1.54, 1.807) is 5.01 Å². The van der Waals surface area contributed by atoms with E-state index in [9.17, 15) is 9.59 Å². The summed E-state index contributed by atoms with van der Waals surface area (Å²) >= 11 is 11.3. The Morgan fingerprint density at radius 1 is 1.35 bits per heavy atom. The van der Waals surface area contributed by atoms with Gasteiger partial charge in [-0.15, -0.1) is 0 Å². The molecule has 0 aromatic heterocycles. The number of aldehydes is 1. The molecule has 94 valence electrons. The van der Waals surface area contributed by atoms with Crippen LogP contribution in [-0.2, 0) is 9.59 Å². The van der Waals surface area contributed by atoms with Crippen molar-refractivity contribution in [2.45, 2.75) is 31.7 Å². The molecule has 0 amide bonds. The Morgan fingerprint density at radius 3 is 2.47 bits per heavy atom. The Labute approximate surface area is 110 Å². The normalized spacial score (nSPS) is 19.4. The lowest BCUT2D eigenvalue weighted by Crippen LogP contribution is -2.31. The molecule has 1 fully saturated rings. The van der Waals surface area contributed by atoms with Gasteiger partial charge in [-0.2, -0.15) is 5.10 Å². The lowest BCUT2D eigenvalue weighted by molar-refractivity contribution is -0.121. The number of rotatable bonds is 4. The van der Waals surface area contributed by atoms with Crippen molar-refractivity contribution in [3.63, 3.8) is 0 Å². The van der Waals surface area contributed by atoms with Crippen LogP contribution in [0.4, 0.5) is 0 Å². The summed E-state index contributed by atoms with van der Waals surface area (Å²) in [5.74, 6) is 0.306. The smallest absolute Gasteiger partial charge is 0.162 e. The lowest BCUT2D eigenvalue weighted by atomic mass is 9.94. The zero-order valence-corrected chi connectivity index (χ0v) is 11.0. The van der Waals surface area contributed by atoms with E-state index in [1.165, 1.54) is 6.21 Å². The van der Waals surface area contributed by atoms with Crippen LogP contribution in [0.5, 0.6) is 0 Å². The van der Waals surface area contributed by atoms with E-state index in [1.807, 2.05) is 7.05 Å². The van der Waals surface area contributed by atoms with Gasteiger partial charge in [0.15, 0.2) is 6.29 Å². The maximum Gasteiger partial charge on any atom is 0.162 e. The molecule has 0 heterocycles. The second-order valence-corrected chi connectivity index (χ2v) is 4.72. The minimum atomic E-state index is -0.0670. The number of Topliss-reactive ketones (excluding diaryl/α,β-unsaturated/α-hetero) is 1. The molecular formula is C11H14Cl2N2O2. The highest BCUT2D eigenvalue weighted by atomic mass is 35.5. The van der Waals surface area contributed by atoms with Crippen LogP contribution in [0, 0.1) is 0 Å². The van der Waals surface area contributed by atoms with Crippen LogP contribution in [0.3, 0.4) is 0 Å². The number of hydrazone groups is 1. The molecule has 0 unspecified atom stereocenters. The molecule has 1 saturated carbocycles. The number of nitrogens with zero attached hydrogens (tertiary/aromatic N) is 2. The summed E-state index contributed by atoms with van der Waals surface area (Å²) in [6.07, 6.45) is 4.61. The summed E-state index contributed by atoms with van der Waals surface area (Å²) in [5.41, 5.74) is 0. The monoisotopic (exact) mass is 276 g/mol. The molecule has 0 atom stereocenters. The summed E-state index contributed by atoms with van der Waals surface area (Å²) in [5, 5.41) is 5.90. The van der Waals surface area contributed by atoms with Crippen molar-refractivity contribution in [1.82, 2.24) is 5.01 Å². The van der Waals surface area contributed by atoms with Crippen LogP contribution in [0.15, 0.2) is 15.2 Å². The summed E-state index contributed by atoms with van der Waals surface area (Å²) in [7, 11) is 1.82. The third-order valence-electron chi connectivity index (χ3n) is 2.73. The van der Waals surface area contributed by atoms with Crippen LogP contribution in [0.1, 0.15) is 25.7 Å². The number of carbonyl (C=O) groups excluding carboxylic acids is 2. The summed E-state index contributed by atoms with van der Waals surface area (Å²) < 4.78 is 0.